The summed E-state index contributed by atoms with van der Waals surface area (Å²) in [6, 6.07) is -0.0271. The lowest BCUT2D eigenvalue weighted by atomic mass is 10.2. The van der Waals surface area contributed by atoms with Crippen molar-refractivity contribution in [1.82, 2.24) is 10.0 Å². The van der Waals surface area contributed by atoms with Crippen LogP contribution in [-0.2, 0) is 16.6 Å². The number of rotatable bonds is 9. The van der Waals surface area contributed by atoms with Crippen LogP contribution in [0.25, 0.3) is 0 Å². The molecule has 0 fully saturated rings. The Morgan fingerprint density at radius 3 is 2.60 bits per heavy atom. The van der Waals surface area contributed by atoms with Gasteiger partial charge in [0, 0.05) is 17.5 Å². The predicted molar refractivity (Wildman–Crippen MR) is 85.7 cm³/mol. The highest BCUT2D eigenvalue weighted by Gasteiger charge is 2.24. The van der Waals surface area contributed by atoms with Gasteiger partial charge in [-0.3, -0.25) is 0 Å². The molecular weight excluding hydrogens is 292 g/mol. The molecule has 0 aliphatic carbocycles. The van der Waals surface area contributed by atoms with E-state index in [0.29, 0.717) is 11.4 Å². The molecule has 0 saturated carbocycles. The van der Waals surface area contributed by atoms with Crippen molar-refractivity contribution < 1.29 is 8.42 Å². The molecule has 0 amide bonds. The van der Waals surface area contributed by atoms with Gasteiger partial charge in [0.2, 0.25) is 10.0 Å². The molecular formula is C14H26N2O2S2. The molecule has 1 unspecified atom stereocenters. The molecule has 0 aliphatic rings. The van der Waals surface area contributed by atoms with Crippen LogP contribution in [0.3, 0.4) is 0 Å². The number of nitrogens with one attached hydrogen (secondary N) is 2. The first-order valence-corrected chi connectivity index (χ1v) is 9.58. The first-order valence-electron chi connectivity index (χ1n) is 7.22. The normalized spacial score (nSPS) is 13.6. The first-order chi connectivity index (χ1) is 9.42. The van der Waals surface area contributed by atoms with Crippen LogP contribution in [0.2, 0.25) is 0 Å². The highest BCUT2D eigenvalue weighted by Crippen LogP contribution is 2.27. The van der Waals surface area contributed by atoms with Gasteiger partial charge in [0.1, 0.15) is 4.90 Å². The molecule has 0 aromatic carbocycles. The number of hydrogen-bond donors (Lipinski definition) is 2. The van der Waals surface area contributed by atoms with E-state index in [4.69, 9.17) is 0 Å². The summed E-state index contributed by atoms with van der Waals surface area (Å²) in [6.45, 7) is 9.44. The van der Waals surface area contributed by atoms with Crippen molar-refractivity contribution in [2.45, 2.75) is 64.4 Å². The highest BCUT2D eigenvalue weighted by atomic mass is 32.2. The van der Waals surface area contributed by atoms with Gasteiger partial charge in [-0.25, -0.2) is 13.1 Å². The van der Waals surface area contributed by atoms with Crippen LogP contribution in [0.15, 0.2) is 10.3 Å². The second-order valence-corrected chi connectivity index (χ2v) is 7.77. The Bertz CT molecular complexity index is 509. The topological polar surface area (TPSA) is 58.2 Å². The monoisotopic (exact) mass is 318 g/mol. The molecule has 4 nitrogen and oxygen atoms in total. The van der Waals surface area contributed by atoms with Crippen molar-refractivity contribution in [2.24, 2.45) is 0 Å². The van der Waals surface area contributed by atoms with E-state index < -0.39 is 10.0 Å². The van der Waals surface area contributed by atoms with Gasteiger partial charge < -0.3 is 5.32 Å². The van der Waals surface area contributed by atoms with E-state index >= 15 is 0 Å². The highest BCUT2D eigenvalue weighted by molar-refractivity contribution is 7.89. The minimum absolute atomic E-state index is 0.0271. The molecule has 1 aromatic rings. The zero-order valence-electron chi connectivity index (χ0n) is 12.8. The van der Waals surface area contributed by atoms with Gasteiger partial charge >= 0.3 is 0 Å². The molecule has 0 spiro atoms. The van der Waals surface area contributed by atoms with E-state index in [2.05, 4.69) is 23.9 Å². The molecule has 0 aliphatic heterocycles. The molecule has 116 valence electrons. The van der Waals surface area contributed by atoms with E-state index in [9.17, 15) is 8.42 Å². The number of thiophene rings is 1. The van der Waals surface area contributed by atoms with E-state index in [1.54, 1.807) is 0 Å². The van der Waals surface area contributed by atoms with Crippen molar-refractivity contribution >= 4 is 21.4 Å². The van der Waals surface area contributed by atoms with Crippen LogP contribution >= 0.6 is 11.3 Å². The first kappa shape index (κ1) is 17.6. The van der Waals surface area contributed by atoms with E-state index in [0.717, 1.165) is 36.2 Å². The van der Waals surface area contributed by atoms with Crippen LogP contribution < -0.4 is 10.0 Å². The van der Waals surface area contributed by atoms with Crippen molar-refractivity contribution in [3.8, 4) is 0 Å². The van der Waals surface area contributed by atoms with Crippen molar-refractivity contribution in [3.63, 3.8) is 0 Å². The predicted octanol–water partition coefficient (Wildman–Crippen LogP) is 3.02. The fourth-order valence-electron chi connectivity index (χ4n) is 2.16. The van der Waals surface area contributed by atoms with Gasteiger partial charge in [0.05, 0.1) is 0 Å². The zero-order chi connectivity index (χ0) is 15.2. The summed E-state index contributed by atoms with van der Waals surface area (Å²) >= 11 is 1.51. The van der Waals surface area contributed by atoms with Gasteiger partial charge in [0.25, 0.3) is 0 Å². The minimum Gasteiger partial charge on any atom is -0.312 e. The third kappa shape index (κ3) is 4.84. The molecule has 1 heterocycles. The maximum absolute atomic E-state index is 12.5. The Balaban J connectivity index is 2.90. The van der Waals surface area contributed by atoms with E-state index in [1.807, 2.05) is 19.2 Å². The average Bonchev–Trinajstić information content (AvgIpc) is 2.71. The maximum Gasteiger partial charge on any atom is 0.242 e. The fraction of sp³-hybridized carbons (Fsp3) is 0.714. The van der Waals surface area contributed by atoms with Crippen LogP contribution in [0, 0.1) is 6.92 Å². The molecule has 1 aromatic heterocycles. The summed E-state index contributed by atoms with van der Waals surface area (Å²) in [5.41, 5.74) is 0.833. The third-order valence-electron chi connectivity index (χ3n) is 3.05. The molecule has 0 bridgehead atoms. The van der Waals surface area contributed by atoms with Gasteiger partial charge in [-0.2, -0.15) is 0 Å². The Morgan fingerprint density at radius 1 is 1.30 bits per heavy atom. The number of sulfonamides is 1. The van der Waals surface area contributed by atoms with Gasteiger partial charge in [-0.05, 0) is 44.2 Å². The van der Waals surface area contributed by atoms with Crippen molar-refractivity contribution in [2.75, 3.05) is 6.54 Å². The Morgan fingerprint density at radius 2 is 2.00 bits per heavy atom. The summed E-state index contributed by atoms with van der Waals surface area (Å²) in [4.78, 5) is 1.36. The summed E-state index contributed by atoms with van der Waals surface area (Å²) in [7, 11) is -3.42. The van der Waals surface area contributed by atoms with Gasteiger partial charge in [-0.1, -0.05) is 20.3 Å². The number of aryl methyl sites for hydroxylation is 1. The van der Waals surface area contributed by atoms with Crippen molar-refractivity contribution in [1.29, 1.82) is 0 Å². The summed E-state index contributed by atoms with van der Waals surface area (Å²) in [5, 5.41) is 5.19. The molecule has 1 rings (SSSR count). The maximum atomic E-state index is 12.5. The van der Waals surface area contributed by atoms with Crippen LogP contribution in [0.5, 0.6) is 0 Å². The Kier molecular flexibility index (Phi) is 7.15. The fourth-order valence-corrected chi connectivity index (χ4v) is 5.22. The molecule has 0 radical (unpaired) electrons. The van der Waals surface area contributed by atoms with Crippen molar-refractivity contribution in [3.05, 3.63) is 15.8 Å². The molecule has 0 saturated heterocycles. The Hall–Kier alpha value is -0.430. The summed E-state index contributed by atoms with van der Waals surface area (Å²) < 4.78 is 27.8. The zero-order valence-corrected chi connectivity index (χ0v) is 14.5. The quantitative estimate of drug-likeness (QED) is 0.688. The van der Waals surface area contributed by atoms with Crippen LogP contribution in [-0.4, -0.2) is 21.0 Å². The average molecular weight is 319 g/mol. The Labute approximate surface area is 127 Å². The lowest BCUT2D eigenvalue weighted by molar-refractivity contribution is 0.542. The smallest absolute Gasteiger partial charge is 0.242 e. The van der Waals surface area contributed by atoms with Crippen LogP contribution in [0.4, 0.5) is 0 Å². The summed E-state index contributed by atoms with van der Waals surface area (Å²) in [6.07, 6.45) is 2.86. The van der Waals surface area contributed by atoms with E-state index in [-0.39, 0.29) is 6.04 Å². The third-order valence-corrected chi connectivity index (χ3v) is 6.10. The largest absolute Gasteiger partial charge is 0.312 e. The molecule has 20 heavy (non-hydrogen) atoms. The minimum atomic E-state index is -3.42. The molecule has 2 N–H and O–H groups in total. The lowest BCUT2D eigenvalue weighted by Crippen LogP contribution is -2.33. The molecule has 6 heteroatoms. The van der Waals surface area contributed by atoms with Gasteiger partial charge in [0.15, 0.2) is 0 Å². The second-order valence-electron chi connectivity index (χ2n) is 5.16. The van der Waals surface area contributed by atoms with Crippen LogP contribution in [0.1, 0.15) is 50.5 Å². The number of hydrogen-bond acceptors (Lipinski definition) is 4. The standard InChI is InChI=1S/C14H26N2O2S2/c1-5-7-12(4)16-20(17,18)14-11(3)10-19-13(14)9-15-8-6-2/h10,12,15-16H,5-9H2,1-4H3. The summed E-state index contributed by atoms with van der Waals surface area (Å²) in [5.74, 6) is 0. The SMILES string of the molecule is CCCNCc1scc(C)c1S(=O)(=O)NC(C)CCC. The second kappa shape index (κ2) is 8.12. The molecule has 1 atom stereocenters. The van der Waals surface area contributed by atoms with E-state index in [1.165, 1.54) is 11.3 Å². The van der Waals surface area contributed by atoms with Gasteiger partial charge in [-0.15, -0.1) is 11.3 Å². The lowest BCUT2D eigenvalue weighted by Gasteiger charge is -2.14.